The zero-order chi connectivity index (χ0) is 13.2. The van der Waals surface area contributed by atoms with Gasteiger partial charge in [0.1, 0.15) is 17.5 Å². The SMILES string of the molecule is COc1ccccc1C(O)c1cn2ccccc2n1. The van der Waals surface area contributed by atoms with E-state index >= 15 is 0 Å². The standard InChI is InChI=1S/C15H14N2O2/c1-19-13-7-3-2-6-11(13)15(18)12-10-17-9-5-4-8-14(17)16-12/h2-10,15,18H,1H3. The van der Waals surface area contributed by atoms with E-state index in [1.807, 2.05) is 59.3 Å². The fourth-order valence-corrected chi connectivity index (χ4v) is 2.14. The Labute approximate surface area is 110 Å². The van der Waals surface area contributed by atoms with Crippen LogP contribution in [0.3, 0.4) is 0 Å². The van der Waals surface area contributed by atoms with Crippen LogP contribution in [-0.2, 0) is 0 Å². The summed E-state index contributed by atoms with van der Waals surface area (Å²) in [6, 6.07) is 13.2. The van der Waals surface area contributed by atoms with Gasteiger partial charge in [0.05, 0.1) is 12.8 Å². The number of para-hydroxylation sites is 1. The van der Waals surface area contributed by atoms with E-state index in [9.17, 15) is 5.11 Å². The minimum absolute atomic E-state index is 0.607. The molecule has 4 nitrogen and oxygen atoms in total. The molecule has 2 aromatic heterocycles. The molecule has 0 aliphatic rings. The van der Waals surface area contributed by atoms with Gasteiger partial charge in [-0.3, -0.25) is 0 Å². The van der Waals surface area contributed by atoms with Gasteiger partial charge in [0.15, 0.2) is 0 Å². The second-order valence-electron chi connectivity index (χ2n) is 4.28. The minimum atomic E-state index is -0.795. The number of fused-ring (bicyclic) bond motifs is 1. The summed E-state index contributed by atoms with van der Waals surface area (Å²) in [6.07, 6.45) is 2.93. The minimum Gasteiger partial charge on any atom is -0.496 e. The summed E-state index contributed by atoms with van der Waals surface area (Å²) in [7, 11) is 1.59. The maximum Gasteiger partial charge on any atom is 0.137 e. The molecule has 19 heavy (non-hydrogen) atoms. The molecule has 3 aromatic rings. The lowest BCUT2D eigenvalue weighted by atomic mass is 10.1. The highest BCUT2D eigenvalue weighted by atomic mass is 16.5. The van der Waals surface area contributed by atoms with Crippen molar-refractivity contribution < 1.29 is 9.84 Å². The van der Waals surface area contributed by atoms with Gasteiger partial charge in [-0.1, -0.05) is 24.3 Å². The molecule has 3 rings (SSSR count). The highest BCUT2D eigenvalue weighted by Gasteiger charge is 2.17. The Morgan fingerprint density at radius 1 is 1.16 bits per heavy atom. The van der Waals surface area contributed by atoms with Gasteiger partial charge in [0.2, 0.25) is 0 Å². The molecule has 0 aliphatic heterocycles. The van der Waals surface area contributed by atoms with Crippen LogP contribution >= 0.6 is 0 Å². The average Bonchev–Trinajstić information content (AvgIpc) is 2.90. The number of benzene rings is 1. The van der Waals surface area contributed by atoms with Crippen LogP contribution < -0.4 is 4.74 Å². The molecule has 4 heteroatoms. The molecule has 0 saturated carbocycles. The number of methoxy groups -OCH3 is 1. The first-order valence-corrected chi connectivity index (χ1v) is 6.04. The molecule has 0 saturated heterocycles. The highest BCUT2D eigenvalue weighted by Crippen LogP contribution is 2.29. The number of ether oxygens (including phenoxy) is 1. The lowest BCUT2D eigenvalue weighted by Gasteiger charge is -2.12. The molecule has 1 unspecified atom stereocenters. The summed E-state index contributed by atoms with van der Waals surface area (Å²) in [6.45, 7) is 0. The molecule has 1 atom stereocenters. The van der Waals surface area contributed by atoms with Crippen molar-refractivity contribution in [2.45, 2.75) is 6.10 Å². The lowest BCUT2D eigenvalue weighted by molar-refractivity contribution is 0.210. The molecule has 0 radical (unpaired) electrons. The number of rotatable bonds is 3. The maximum absolute atomic E-state index is 10.4. The molecular formula is C15H14N2O2. The van der Waals surface area contributed by atoms with Crippen LogP contribution in [0.15, 0.2) is 54.9 Å². The third-order valence-corrected chi connectivity index (χ3v) is 3.10. The molecule has 96 valence electrons. The van der Waals surface area contributed by atoms with Crippen LogP contribution in [0, 0.1) is 0 Å². The third kappa shape index (κ3) is 2.06. The second-order valence-corrected chi connectivity index (χ2v) is 4.28. The van der Waals surface area contributed by atoms with E-state index < -0.39 is 6.10 Å². The van der Waals surface area contributed by atoms with E-state index in [-0.39, 0.29) is 0 Å². The van der Waals surface area contributed by atoms with Gasteiger partial charge < -0.3 is 14.2 Å². The zero-order valence-corrected chi connectivity index (χ0v) is 10.5. The Morgan fingerprint density at radius 2 is 1.95 bits per heavy atom. The van der Waals surface area contributed by atoms with Crippen molar-refractivity contribution in [2.24, 2.45) is 0 Å². The Hall–Kier alpha value is -2.33. The largest absolute Gasteiger partial charge is 0.496 e. The molecule has 0 amide bonds. The number of aromatic nitrogens is 2. The third-order valence-electron chi connectivity index (χ3n) is 3.10. The zero-order valence-electron chi connectivity index (χ0n) is 10.5. The summed E-state index contributed by atoms with van der Waals surface area (Å²) in [5, 5.41) is 10.4. The number of hydrogen-bond donors (Lipinski definition) is 1. The average molecular weight is 254 g/mol. The summed E-state index contributed by atoms with van der Waals surface area (Å²) in [5.74, 6) is 0.659. The number of aliphatic hydroxyl groups is 1. The van der Waals surface area contributed by atoms with Gasteiger partial charge in [0.25, 0.3) is 0 Å². The van der Waals surface area contributed by atoms with Crippen molar-refractivity contribution >= 4 is 5.65 Å². The van der Waals surface area contributed by atoms with Crippen LogP contribution in [0.4, 0.5) is 0 Å². The first-order valence-electron chi connectivity index (χ1n) is 6.04. The number of nitrogens with zero attached hydrogens (tertiary/aromatic N) is 2. The van der Waals surface area contributed by atoms with Gasteiger partial charge in [-0.25, -0.2) is 4.98 Å². The van der Waals surface area contributed by atoms with Crippen molar-refractivity contribution in [2.75, 3.05) is 7.11 Å². The van der Waals surface area contributed by atoms with Gasteiger partial charge in [-0.05, 0) is 18.2 Å². The molecule has 0 fully saturated rings. The van der Waals surface area contributed by atoms with Crippen molar-refractivity contribution in [1.29, 1.82) is 0 Å². The van der Waals surface area contributed by atoms with E-state index in [2.05, 4.69) is 4.98 Å². The van der Waals surface area contributed by atoms with Crippen LogP contribution in [0.5, 0.6) is 5.75 Å². The number of hydrogen-bond acceptors (Lipinski definition) is 3. The van der Waals surface area contributed by atoms with E-state index in [0.29, 0.717) is 17.0 Å². The summed E-state index contributed by atoms with van der Waals surface area (Å²) < 4.78 is 7.15. The normalized spacial score (nSPS) is 12.5. The topological polar surface area (TPSA) is 46.8 Å². The van der Waals surface area contributed by atoms with E-state index in [4.69, 9.17) is 4.74 Å². The molecule has 0 spiro atoms. The van der Waals surface area contributed by atoms with Crippen molar-refractivity contribution in [3.05, 3.63) is 66.1 Å². The number of aliphatic hydroxyl groups excluding tert-OH is 1. The van der Waals surface area contributed by atoms with Crippen molar-refractivity contribution in [1.82, 2.24) is 9.38 Å². The van der Waals surface area contributed by atoms with Crippen molar-refractivity contribution in [3.63, 3.8) is 0 Å². The quantitative estimate of drug-likeness (QED) is 0.780. The maximum atomic E-state index is 10.4. The predicted octanol–water partition coefficient (Wildman–Crippen LogP) is 2.42. The fraction of sp³-hybridized carbons (Fsp3) is 0.133. The van der Waals surface area contributed by atoms with Gasteiger partial charge in [0, 0.05) is 18.0 Å². The van der Waals surface area contributed by atoms with E-state index in [0.717, 1.165) is 5.65 Å². The Bertz CT molecular complexity index is 673. The Kier molecular flexibility index (Phi) is 2.93. The number of pyridine rings is 1. The summed E-state index contributed by atoms with van der Waals surface area (Å²) in [5.41, 5.74) is 2.13. The van der Waals surface area contributed by atoms with Crippen LogP contribution in [0.25, 0.3) is 5.65 Å². The molecule has 0 aliphatic carbocycles. The molecule has 1 aromatic carbocycles. The first-order chi connectivity index (χ1) is 9.29. The Morgan fingerprint density at radius 3 is 2.74 bits per heavy atom. The monoisotopic (exact) mass is 254 g/mol. The second kappa shape index (κ2) is 4.74. The molecule has 2 heterocycles. The Balaban J connectivity index is 2.05. The molecule has 1 N–H and O–H groups in total. The summed E-state index contributed by atoms with van der Waals surface area (Å²) in [4.78, 5) is 4.42. The summed E-state index contributed by atoms with van der Waals surface area (Å²) >= 11 is 0. The van der Waals surface area contributed by atoms with Gasteiger partial charge >= 0.3 is 0 Å². The first kappa shape index (κ1) is 11.7. The predicted molar refractivity (Wildman–Crippen MR) is 72.2 cm³/mol. The smallest absolute Gasteiger partial charge is 0.137 e. The fourth-order valence-electron chi connectivity index (χ4n) is 2.14. The molecule has 0 bridgehead atoms. The van der Waals surface area contributed by atoms with Crippen LogP contribution in [-0.4, -0.2) is 21.6 Å². The lowest BCUT2D eigenvalue weighted by Crippen LogP contribution is -2.02. The highest BCUT2D eigenvalue weighted by molar-refractivity contribution is 5.43. The van der Waals surface area contributed by atoms with Crippen LogP contribution in [0.1, 0.15) is 17.4 Å². The molecular weight excluding hydrogens is 240 g/mol. The van der Waals surface area contributed by atoms with Crippen LogP contribution in [0.2, 0.25) is 0 Å². The van der Waals surface area contributed by atoms with Gasteiger partial charge in [-0.15, -0.1) is 0 Å². The number of imidazole rings is 1. The van der Waals surface area contributed by atoms with Crippen molar-refractivity contribution in [3.8, 4) is 5.75 Å². The van der Waals surface area contributed by atoms with E-state index in [1.54, 1.807) is 7.11 Å². The van der Waals surface area contributed by atoms with Gasteiger partial charge in [-0.2, -0.15) is 0 Å². The van der Waals surface area contributed by atoms with E-state index in [1.165, 1.54) is 0 Å².